The van der Waals surface area contributed by atoms with E-state index in [2.05, 4.69) is 0 Å². The Morgan fingerprint density at radius 1 is 1.18 bits per heavy atom. The Morgan fingerprint density at radius 3 is 2.46 bits per heavy atom. The number of carbonyl (C=O) groups is 1. The van der Waals surface area contributed by atoms with E-state index in [4.69, 9.17) is 14.2 Å². The molecule has 1 aromatic carbocycles. The summed E-state index contributed by atoms with van der Waals surface area (Å²) in [6, 6.07) is 3.72. The summed E-state index contributed by atoms with van der Waals surface area (Å²) in [6.07, 6.45) is -5.97. The summed E-state index contributed by atoms with van der Waals surface area (Å²) >= 11 is 0. The molecule has 0 aromatic heterocycles. The zero-order valence-electron chi connectivity index (χ0n) is 16.1. The third kappa shape index (κ3) is 5.12. The average Bonchev–Trinajstić information content (AvgIpc) is 2.62. The normalized spacial score (nSPS) is 28.0. The Labute approximate surface area is 163 Å². The Hall–Kier alpha value is -1.91. The molecule has 0 unspecified atom stereocenters. The number of carbonyl (C=O) groups excluding carboxylic acids is 1. The van der Waals surface area contributed by atoms with Crippen LogP contribution in [0.4, 0.5) is 0 Å². The largest absolute Gasteiger partial charge is 0.508 e. The SMILES string of the molecule is CCCC(C)(C)OC(=O)c1cc(O)ccc1O[C@@H]1O[C@H](CO)[C@@H](O)[C@H](O)[C@H]1O. The van der Waals surface area contributed by atoms with Crippen LogP contribution < -0.4 is 4.74 Å². The van der Waals surface area contributed by atoms with Gasteiger partial charge in [0, 0.05) is 0 Å². The summed E-state index contributed by atoms with van der Waals surface area (Å²) in [4.78, 5) is 12.6. The van der Waals surface area contributed by atoms with E-state index in [1.54, 1.807) is 13.8 Å². The van der Waals surface area contributed by atoms with Crippen molar-refractivity contribution in [1.82, 2.24) is 0 Å². The number of phenols is 1. The van der Waals surface area contributed by atoms with Crippen LogP contribution in [0.15, 0.2) is 18.2 Å². The summed E-state index contributed by atoms with van der Waals surface area (Å²) in [5.74, 6) is -0.991. The summed E-state index contributed by atoms with van der Waals surface area (Å²) in [6.45, 7) is 4.86. The van der Waals surface area contributed by atoms with Crippen LogP contribution in [0.2, 0.25) is 0 Å². The summed E-state index contributed by atoms with van der Waals surface area (Å²) in [5.41, 5.74) is -0.835. The van der Waals surface area contributed by atoms with E-state index in [9.17, 15) is 30.3 Å². The van der Waals surface area contributed by atoms with Crippen LogP contribution in [0.25, 0.3) is 0 Å². The zero-order valence-corrected chi connectivity index (χ0v) is 16.1. The van der Waals surface area contributed by atoms with Crippen molar-refractivity contribution in [1.29, 1.82) is 0 Å². The molecule has 9 nitrogen and oxygen atoms in total. The van der Waals surface area contributed by atoms with E-state index >= 15 is 0 Å². The first kappa shape index (κ1) is 22.4. The van der Waals surface area contributed by atoms with Crippen LogP contribution in [0.1, 0.15) is 44.0 Å². The van der Waals surface area contributed by atoms with Gasteiger partial charge in [-0.25, -0.2) is 4.79 Å². The van der Waals surface area contributed by atoms with Gasteiger partial charge in [-0.3, -0.25) is 0 Å². The van der Waals surface area contributed by atoms with Crippen LogP contribution >= 0.6 is 0 Å². The molecule has 1 fully saturated rings. The highest BCUT2D eigenvalue weighted by Gasteiger charge is 2.45. The molecule has 1 saturated heterocycles. The van der Waals surface area contributed by atoms with E-state index in [0.717, 1.165) is 12.5 Å². The number of aliphatic hydroxyl groups is 4. The maximum absolute atomic E-state index is 12.6. The number of phenolic OH excluding ortho intramolecular Hbond substituents is 1. The fourth-order valence-electron chi connectivity index (χ4n) is 3.03. The Kier molecular flexibility index (Phi) is 7.24. The summed E-state index contributed by atoms with van der Waals surface area (Å²) in [5, 5.41) is 48.9. The second-order valence-electron chi connectivity index (χ2n) is 7.39. The number of aromatic hydroxyl groups is 1. The molecular weight excluding hydrogens is 372 g/mol. The molecule has 0 radical (unpaired) electrons. The molecule has 28 heavy (non-hydrogen) atoms. The maximum Gasteiger partial charge on any atom is 0.342 e. The van der Waals surface area contributed by atoms with Gasteiger partial charge in [0.05, 0.1) is 6.61 Å². The first-order chi connectivity index (χ1) is 13.1. The number of aliphatic hydroxyl groups excluding tert-OH is 4. The van der Waals surface area contributed by atoms with Crippen molar-refractivity contribution in [2.75, 3.05) is 6.61 Å². The van der Waals surface area contributed by atoms with Gasteiger partial charge in [-0.2, -0.15) is 0 Å². The molecule has 1 aliphatic heterocycles. The van der Waals surface area contributed by atoms with Gasteiger partial charge in [0.2, 0.25) is 6.29 Å². The second-order valence-corrected chi connectivity index (χ2v) is 7.39. The fourth-order valence-corrected chi connectivity index (χ4v) is 3.03. The molecule has 1 aliphatic rings. The highest BCUT2D eigenvalue weighted by molar-refractivity contribution is 5.93. The van der Waals surface area contributed by atoms with Gasteiger partial charge in [0.15, 0.2) is 0 Å². The van der Waals surface area contributed by atoms with E-state index < -0.39 is 48.9 Å². The maximum atomic E-state index is 12.6. The minimum absolute atomic E-state index is 0.0561. The van der Waals surface area contributed by atoms with E-state index in [1.807, 2.05) is 6.92 Å². The summed E-state index contributed by atoms with van der Waals surface area (Å²) in [7, 11) is 0. The minimum Gasteiger partial charge on any atom is -0.508 e. The molecule has 0 bridgehead atoms. The fraction of sp³-hybridized carbons (Fsp3) is 0.632. The lowest BCUT2D eigenvalue weighted by molar-refractivity contribution is -0.277. The average molecular weight is 400 g/mol. The van der Waals surface area contributed by atoms with E-state index in [0.29, 0.717) is 6.42 Å². The van der Waals surface area contributed by atoms with Crippen LogP contribution in [-0.2, 0) is 9.47 Å². The van der Waals surface area contributed by atoms with Gasteiger partial charge in [0.25, 0.3) is 0 Å². The molecule has 0 saturated carbocycles. The first-order valence-electron chi connectivity index (χ1n) is 9.13. The molecule has 2 rings (SSSR count). The lowest BCUT2D eigenvalue weighted by Gasteiger charge is -2.39. The quantitative estimate of drug-likeness (QED) is 0.408. The summed E-state index contributed by atoms with van der Waals surface area (Å²) < 4.78 is 16.3. The number of hydrogen-bond acceptors (Lipinski definition) is 9. The molecule has 0 aliphatic carbocycles. The van der Waals surface area contributed by atoms with Crippen molar-refractivity contribution in [3.8, 4) is 11.5 Å². The van der Waals surface area contributed by atoms with Gasteiger partial charge in [0.1, 0.15) is 47.1 Å². The predicted octanol–water partition coefficient (Wildman–Crippen LogP) is 0.306. The Morgan fingerprint density at radius 2 is 1.86 bits per heavy atom. The molecule has 0 amide bonds. The lowest BCUT2D eigenvalue weighted by atomic mass is 9.99. The standard InChI is InChI=1S/C19H28O9/c1-4-7-19(2,3)28-17(25)11-8-10(21)5-6-12(11)26-18-16(24)15(23)14(22)13(9-20)27-18/h5-6,8,13-16,18,20-24H,4,7,9H2,1-3H3/t13-,14-,15+,16-,18-/m1/s1. The molecule has 1 heterocycles. The zero-order chi connectivity index (χ0) is 21.1. The highest BCUT2D eigenvalue weighted by Crippen LogP contribution is 2.30. The van der Waals surface area contributed by atoms with E-state index in [-0.39, 0.29) is 17.1 Å². The smallest absolute Gasteiger partial charge is 0.342 e. The minimum atomic E-state index is -1.63. The van der Waals surface area contributed by atoms with Crippen LogP contribution in [-0.4, -0.2) is 74.4 Å². The van der Waals surface area contributed by atoms with Crippen molar-refractivity contribution in [2.45, 2.75) is 69.9 Å². The van der Waals surface area contributed by atoms with Gasteiger partial charge in [-0.1, -0.05) is 13.3 Å². The number of benzene rings is 1. The van der Waals surface area contributed by atoms with Gasteiger partial charge in [-0.15, -0.1) is 0 Å². The first-order valence-corrected chi connectivity index (χ1v) is 9.13. The second kappa shape index (κ2) is 9.06. The Bertz CT molecular complexity index is 673. The van der Waals surface area contributed by atoms with Crippen molar-refractivity contribution in [2.24, 2.45) is 0 Å². The highest BCUT2D eigenvalue weighted by atomic mass is 16.7. The molecule has 1 aromatic rings. The van der Waals surface area contributed by atoms with Crippen LogP contribution in [0.3, 0.4) is 0 Å². The van der Waals surface area contributed by atoms with Crippen molar-refractivity contribution in [3.63, 3.8) is 0 Å². The van der Waals surface area contributed by atoms with Crippen molar-refractivity contribution >= 4 is 5.97 Å². The van der Waals surface area contributed by atoms with Crippen molar-refractivity contribution < 1.29 is 44.5 Å². The van der Waals surface area contributed by atoms with Gasteiger partial charge >= 0.3 is 5.97 Å². The van der Waals surface area contributed by atoms with Gasteiger partial charge in [-0.05, 0) is 38.5 Å². The number of hydrogen-bond donors (Lipinski definition) is 5. The molecular formula is C19H28O9. The van der Waals surface area contributed by atoms with Crippen LogP contribution in [0.5, 0.6) is 11.5 Å². The van der Waals surface area contributed by atoms with Crippen molar-refractivity contribution in [3.05, 3.63) is 23.8 Å². The lowest BCUT2D eigenvalue weighted by Crippen LogP contribution is -2.60. The number of ether oxygens (including phenoxy) is 3. The molecule has 158 valence electrons. The number of esters is 1. The molecule has 5 atom stereocenters. The number of rotatable bonds is 7. The monoisotopic (exact) mass is 400 g/mol. The predicted molar refractivity (Wildman–Crippen MR) is 96.9 cm³/mol. The van der Waals surface area contributed by atoms with Crippen LogP contribution in [0, 0.1) is 0 Å². The van der Waals surface area contributed by atoms with E-state index in [1.165, 1.54) is 12.1 Å². The topological polar surface area (TPSA) is 146 Å². The molecule has 0 spiro atoms. The molecule has 5 N–H and O–H groups in total. The van der Waals surface area contributed by atoms with Gasteiger partial charge < -0.3 is 39.7 Å². The Balaban J connectivity index is 2.25. The third-order valence-electron chi connectivity index (χ3n) is 4.50. The molecule has 9 heteroatoms. The third-order valence-corrected chi connectivity index (χ3v) is 4.50.